The third kappa shape index (κ3) is 8.84. The predicted molar refractivity (Wildman–Crippen MR) is 64.8 cm³/mol. The second-order valence-corrected chi connectivity index (χ2v) is 6.78. The molecule has 0 aromatic heterocycles. The molecule has 0 rings (SSSR count). The molecule has 1 unspecified atom stereocenters. The molecule has 0 aliphatic carbocycles. The summed E-state index contributed by atoms with van der Waals surface area (Å²) in [6.07, 6.45) is 6.21. The molecule has 0 radical (unpaired) electrons. The zero-order chi connectivity index (χ0) is 11.0. The Hall–Kier alpha value is 0.260. The van der Waals surface area contributed by atoms with Crippen molar-refractivity contribution >= 4 is 21.6 Å². The van der Waals surface area contributed by atoms with Crippen LogP contribution in [0.3, 0.4) is 0 Å². The average Bonchev–Trinajstić information content (AvgIpc) is 2.09. The first kappa shape index (κ1) is 14.3. The number of rotatable bonds is 8. The van der Waals surface area contributed by atoms with Crippen molar-refractivity contribution in [3.63, 3.8) is 0 Å². The van der Waals surface area contributed by atoms with Crippen molar-refractivity contribution < 1.29 is 8.42 Å². The second kappa shape index (κ2) is 7.54. The molecular formula is C9H21NO2S2. The summed E-state index contributed by atoms with van der Waals surface area (Å²) in [5.74, 6) is 1.44. The highest BCUT2D eigenvalue weighted by Gasteiger charge is 2.07. The smallest absolute Gasteiger partial charge is 0.147 e. The maximum Gasteiger partial charge on any atom is 0.147 e. The lowest BCUT2D eigenvalue weighted by Gasteiger charge is -2.14. The molecule has 0 fully saturated rings. The molecule has 1 N–H and O–H groups in total. The molecule has 0 amide bonds. The van der Waals surface area contributed by atoms with Gasteiger partial charge in [0.1, 0.15) is 9.84 Å². The lowest BCUT2D eigenvalue weighted by molar-refractivity contribution is 0.504. The van der Waals surface area contributed by atoms with Gasteiger partial charge in [-0.05, 0) is 38.3 Å². The van der Waals surface area contributed by atoms with Crippen LogP contribution in [0, 0.1) is 0 Å². The Morgan fingerprint density at radius 2 is 2.00 bits per heavy atom. The van der Waals surface area contributed by atoms with Crippen molar-refractivity contribution in [2.45, 2.75) is 25.3 Å². The van der Waals surface area contributed by atoms with Gasteiger partial charge in [0.25, 0.3) is 0 Å². The number of sulfone groups is 1. The third-order valence-corrected chi connectivity index (χ3v) is 3.82. The molecule has 0 aliphatic heterocycles. The van der Waals surface area contributed by atoms with Crippen molar-refractivity contribution in [2.24, 2.45) is 0 Å². The lowest BCUT2D eigenvalue weighted by Crippen LogP contribution is -2.26. The zero-order valence-electron chi connectivity index (χ0n) is 9.25. The van der Waals surface area contributed by atoms with Crippen molar-refractivity contribution in [3.05, 3.63) is 0 Å². The lowest BCUT2D eigenvalue weighted by atomic mass is 10.1. The van der Waals surface area contributed by atoms with E-state index in [1.807, 2.05) is 18.8 Å². The molecule has 0 aromatic carbocycles. The van der Waals surface area contributed by atoms with E-state index >= 15 is 0 Å². The monoisotopic (exact) mass is 239 g/mol. The predicted octanol–water partition coefficient (Wildman–Crippen LogP) is 1.15. The van der Waals surface area contributed by atoms with Crippen LogP contribution in [-0.4, -0.2) is 45.5 Å². The van der Waals surface area contributed by atoms with Crippen LogP contribution in [0.4, 0.5) is 0 Å². The Bertz CT molecular complexity index is 227. The summed E-state index contributed by atoms with van der Waals surface area (Å²) in [4.78, 5) is 0. The van der Waals surface area contributed by atoms with Gasteiger partial charge in [0.2, 0.25) is 0 Å². The summed E-state index contributed by atoms with van der Waals surface area (Å²) in [5, 5.41) is 3.21. The van der Waals surface area contributed by atoms with E-state index in [1.165, 1.54) is 6.26 Å². The van der Waals surface area contributed by atoms with Crippen LogP contribution in [0.25, 0.3) is 0 Å². The fourth-order valence-electron chi connectivity index (χ4n) is 1.29. The van der Waals surface area contributed by atoms with Crippen molar-refractivity contribution in [3.8, 4) is 0 Å². The van der Waals surface area contributed by atoms with Gasteiger partial charge in [0.05, 0.1) is 0 Å². The molecule has 0 aromatic rings. The topological polar surface area (TPSA) is 46.2 Å². The number of hydrogen-bond acceptors (Lipinski definition) is 4. The van der Waals surface area contributed by atoms with Crippen LogP contribution in [0.1, 0.15) is 19.3 Å². The van der Waals surface area contributed by atoms with Gasteiger partial charge in [0, 0.05) is 18.1 Å². The minimum atomic E-state index is -2.78. The number of thioether (sulfide) groups is 1. The molecule has 0 heterocycles. The Balaban J connectivity index is 3.62. The molecule has 0 spiro atoms. The minimum absolute atomic E-state index is 0.310. The van der Waals surface area contributed by atoms with E-state index in [-0.39, 0.29) is 0 Å². The summed E-state index contributed by atoms with van der Waals surface area (Å²) < 4.78 is 21.8. The Kier molecular flexibility index (Phi) is 7.68. The van der Waals surface area contributed by atoms with E-state index < -0.39 is 9.84 Å². The molecule has 1 atom stereocenters. The Morgan fingerprint density at radius 1 is 1.36 bits per heavy atom. The van der Waals surface area contributed by atoms with Crippen LogP contribution in [0.5, 0.6) is 0 Å². The standard InChI is InChI=1S/C9H21NO2S2/c1-10-9(6-7-13-2)5-4-8-14(3,11)12/h9-10H,4-8H2,1-3H3. The second-order valence-electron chi connectivity index (χ2n) is 3.54. The number of hydrogen-bond donors (Lipinski definition) is 1. The van der Waals surface area contributed by atoms with E-state index in [4.69, 9.17) is 0 Å². The van der Waals surface area contributed by atoms with Crippen LogP contribution >= 0.6 is 11.8 Å². The third-order valence-electron chi connectivity index (χ3n) is 2.15. The first-order valence-electron chi connectivity index (χ1n) is 4.83. The average molecular weight is 239 g/mol. The Morgan fingerprint density at radius 3 is 2.43 bits per heavy atom. The van der Waals surface area contributed by atoms with E-state index in [2.05, 4.69) is 11.6 Å². The first-order chi connectivity index (χ1) is 6.49. The SMILES string of the molecule is CNC(CCCS(C)(=O)=O)CCSC. The molecule has 3 nitrogen and oxygen atoms in total. The van der Waals surface area contributed by atoms with Gasteiger partial charge in [-0.2, -0.15) is 11.8 Å². The fraction of sp³-hybridized carbons (Fsp3) is 1.00. The largest absolute Gasteiger partial charge is 0.317 e. The molecule has 0 saturated heterocycles. The zero-order valence-corrected chi connectivity index (χ0v) is 10.9. The van der Waals surface area contributed by atoms with Gasteiger partial charge in [-0.25, -0.2) is 8.42 Å². The minimum Gasteiger partial charge on any atom is -0.317 e. The quantitative estimate of drug-likeness (QED) is 0.690. The fourth-order valence-corrected chi connectivity index (χ4v) is 2.50. The highest BCUT2D eigenvalue weighted by molar-refractivity contribution is 7.98. The van der Waals surface area contributed by atoms with Crippen molar-refractivity contribution in [1.82, 2.24) is 5.32 Å². The van der Waals surface area contributed by atoms with Gasteiger partial charge in [-0.3, -0.25) is 0 Å². The van der Waals surface area contributed by atoms with E-state index in [9.17, 15) is 8.42 Å². The molecule has 14 heavy (non-hydrogen) atoms. The van der Waals surface area contributed by atoms with E-state index in [0.29, 0.717) is 11.8 Å². The van der Waals surface area contributed by atoms with Gasteiger partial charge >= 0.3 is 0 Å². The molecule has 86 valence electrons. The molecule has 0 aliphatic rings. The summed E-state index contributed by atoms with van der Waals surface area (Å²) in [5.41, 5.74) is 0. The van der Waals surface area contributed by atoms with Crippen LogP contribution in [0.2, 0.25) is 0 Å². The van der Waals surface area contributed by atoms with Crippen molar-refractivity contribution in [1.29, 1.82) is 0 Å². The summed E-state index contributed by atoms with van der Waals surface area (Å²) in [7, 11) is -0.846. The van der Waals surface area contributed by atoms with Gasteiger partial charge in [-0.1, -0.05) is 0 Å². The summed E-state index contributed by atoms with van der Waals surface area (Å²) in [6.45, 7) is 0. The summed E-state index contributed by atoms with van der Waals surface area (Å²) >= 11 is 1.83. The maximum atomic E-state index is 10.9. The number of nitrogens with one attached hydrogen (secondary N) is 1. The van der Waals surface area contributed by atoms with E-state index in [1.54, 1.807) is 0 Å². The molecule has 5 heteroatoms. The van der Waals surface area contributed by atoms with Crippen LogP contribution in [0.15, 0.2) is 0 Å². The maximum absolute atomic E-state index is 10.9. The van der Waals surface area contributed by atoms with Gasteiger partial charge < -0.3 is 5.32 Å². The molecule has 0 saturated carbocycles. The Labute approximate surface area is 92.0 Å². The van der Waals surface area contributed by atoms with Gasteiger partial charge in [-0.15, -0.1) is 0 Å². The van der Waals surface area contributed by atoms with Crippen molar-refractivity contribution in [2.75, 3.05) is 31.1 Å². The highest BCUT2D eigenvalue weighted by Crippen LogP contribution is 2.06. The van der Waals surface area contributed by atoms with Gasteiger partial charge in [0.15, 0.2) is 0 Å². The highest BCUT2D eigenvalue weighted by atomic mass is 32.2. The molecular weight excluding hydrogens is 218 g/mol. The van der Waals surface area contributed by atoms with Crippen LogP contribution < -0.4 is 5.32 Å². The first-order valence-corrected chi connectivity index (χ1v) is 8.29. The van der Waals surface area contributed by atoms with Crippen LogP contribution in [-0.2, 0) is 9.84 Å². The van der Waals surface area contributed by atoms with E-state index in [0.717, 1.165) is 25.0 Å². The molecule has 0 bridgehead atoms. The summed E-state index contributed by atoms with van der Waals surface area (Å²) in [6, 6.07) is 0.462. The normalized spacial score (nSPS) is 14.2.